The molecule has 3 fully saturated rings. The van der Waals surface area contributed by atoms with Gasteiger partial charge in [-0.25, -0.2) is 14.8 Å². The molecule has 382 valence electrons. The molecule has 0 bridgehead atoms. The lowest BCUT2D eigenvalue weighted by atomic mass is 9.84. The monoisotopic (exact) mass is 1010 g/mol. The number of piperazine rings is 1. The summed E-state index contributed by atoms with van der Waals surface area (Å²) in [5.41, 5.74) is 9.77. The fourth-order valence-electron chi connectivity index (χ4n) is 11.8. The number of aromatic nitrogens is 4. The van der Waals surface area contributed by atoms with Crippen LogP contribution < -0.4 is 25.2 Å². The number of rotatable bonds is 14. The van der Waals surface area contributed by atoms with Gasteiger partial charge in [-0.1, -0.05) is 60.6 Å². The lowest BCUT2D eigenvalue weighted by molar-refractivity contribution is -0.134. The Bertz CT molecular complexity index is 3260. The summed E-state index contributed by atoms with van der Waals surface area (Å²) < 4.78 is 9.57. The number of nitrogens with zero attached hydrogens (tertiary/aromatic N) is 7. The van der Waals surface area contributed by atoms with Crippen LogP contribution in [0.4, 0.5) is 16.6 Å². The van der Waals surface area contributed by atoms with Crippen LogP contribution in [0, 0.1) is 19.8 Å². The number of fused-ring (bicyclic) bond motifs is 3. The van der Waals surface area contributed by atoms with Crippen molar-refractivity contribution >= 4 is 72.8 Å². The molecule has 7 aromatic rings. The number of unbranched alkanes of at least 4 members (excludes halogenated alkanes) is 1. The highest BCUT2D eigenvalue weighted by Crippen LogP contribution is 2.39. The molecular weight excluding hydrogens is 951 g/mol. The minimum Gasteiger partial charge on any atom is -0.490 e. The molecule has 6 heterocycles. The predicted octanol–water partition coefficient (Wildman–Crippen LogP) is 9.83. The lowest BCUT2D eigenvalue weighted by Gasteiger charge is -2.37. The van der Waals surface area contributed by atoms with E-state index >= 15 is 0 Å². The van der Waals surface area contributed by atoms with E-state index in [1.54, 1.807) is 0 Å². The Morgan fingerprint density at radius 1 is 0.838 bits per heavy atom. The molecule has 15 nitrogen and oxygen atoms in total. The van der Waals surface area contributed by atoms with E-state index in [1.165, 1.54) is 41.9 Å². The molecule has 3 aromatic heterocycles. The number of carbonyl (C=O) groups is 4. The van der Waals surface area contributed by atoms with Crippen molar-refractivity contribution in [2.24, 2.45) is 13.0 Å². The average molecular weight is 1010 g/mol. The average Bonchev–Trinajstić information content (AvgIpc) is 3.97. The van der Waals surface area contributed by atoms with Crippen molar-refractivity contribution in [1.29, 1.82) is 0 Å². The standard InChI is InChI=1S/C58H63N9O6S/c1-35-32-44-48(64(3)63-53(44)43-22-24-52(68)61-56(43)70)33-47(35)66-30-28-65(29-31-66)26-7-6-10-37-17-19-39(20-18-37)73-49-15-9-12-40(36(49)2)41-21-23-51(60-54(41)57(71)72)67-27-25-38-11-8-13-42(45(38)34-67)55(69)62-58-59-46-14-4-5-16-50(46)74-58/h4-5,8-9,11-16,21,23,32-33,37,39,43H,6-7,10,17-20,22,24-31,34H2,1-3H3,(H,71,72)(H,59,62,69)(H,61,68,70). The highest BCUT2D eigenvalue weighted by atomic mass is 32.1. The van der Waals surface area contributed by atoms with E-state index in [2.05, 4.69) is 55.4 Å². The number of carboxylic acids is 1. The fourth-order valence-corrected chi connectivity index (χ4v) is 12.7. The van der Waals surface area contributed by atoms with Crippen LogP contribution in [-0.4, -0.2) is 98.8 Å². The van der Waals surface area contributed by atoms with Crippen molar-refractivity contribution in [3.63, 3.8) is 0 Å². The number of benzene rings is 4. The molecule has 0 spiro atoms. The van der Waals surface area contributed by atoms with Gasteiger partial charge in [0.05, 0.1) is 33.4 Å². The number of pyridine rings is 1. The first-order chi connectivity index (χ1) is 35.9. The third kappa shape index (κ3) is 10.1. The van der Waals surface area contributed by atoms with Gasteiger partial charge in [0, 0.05) is 74.9 Å². The summed E-state index contributed by atoms with van der Waals surface area (Å²) in [5, 5.41) is 22.3. The number of amides is 3. The van der Waals surface area contributed by atoms with Crippen LogP contribution in [0.3, 0.4) is 0 Å². The first-order valence-corrected chi connectivity index (χ1v) is 27.1. The van der Waals surface area contributed by atoms with Crippen LogP contribution in [0.1, 0.15) is 112 Å². The van der Waals surface area contributed by atoms with Crippen molar-refractivity contribution < 1.29 is 29.0 Å². The zero-order valence-electron chi connectivity index (χ0n) is 42.4. The van der Waals surface area contributed by atoms with Crippen molar-refractivity contribution in [1.82, 2.24) is 30.0 Å². The number of aromatic carboxylic acids is 1. The van der Waals surface area contributed by atoms with Crippen LogP contribution in [0.25, 0.3) is 32.2 Å². The number of carboxylic acid groups (broad SMARTS) is 1. The lowest BCUT2D eigenvalue weighted by Crippen LogP contribution is -2.46. The van der Waals surface area contributed by atoms with Crippen molar-refractivity contribution in [3.8, 4) is 16.9 Å². The van der Waals surface area contributed by atoms with Gasteiger partial charge in [0.1, 0.15) is 11.6 Å². The summed E-state index contributed by atoms with van der Waals surface area (Å²) >= 11 is 1.44. The highest BCUT2D eigenvalue weighted by molar-refractivity contribution is 7.22. The second-order valence-electron chi connectivity index (χ2n) is 20.6. The first kappa shape index (κ1) is 49.1. The second kappa shape index (κ2) is 21.0. The Kier molecular flexibility index (Phi) is 13.9. The van der Waals surface area contributed by atoms with E-state index in [1.807, 2.05) is 85.4 Å². The van der Waals surface area contributed by atoms with E-state index in [0.29, 0.717) is 60.3 Å². The Hall–Kier alpha value is -7.17. The molecule has 1 aliphatic carbocycles. The highest BCUT2D eigenvalue weighted by Gasteiger charge is 2.33. The van der Waals surface area contributed by atoms with Crippen LogP contribution in [0.15, 0.2) is 84.9 Å². The molecule has 16 heteroatoms. The summed E-state index contributed by atoms with van der Waals surface area (Å²) in [4.78, 5) is 67.5. The Morgan fingerprint density at radius 3 is 2.45 bits per heavy atom. The molecule has 2 saturated heterocycles. The number of hydrogen-bond acceptors (Lipinski definition) is 12. The summed E-state index contributed by atoms with van der Waals surface area (Å²) in [6, 6.07) is 27.6. The maximum absolute atomic E-state index is 13.7. The van der Waals surface area contributed by atoms with Crippen LogP contribution >= 0.6 is 11.3 Å². The Labute approximate surface area is 434 Å². The summed E-state index contributed by atoms with van der Waals surface area (Å²) in [6.45, 7) is 10.3. The van der Waals surface area contributed by atoms with Crippen molar-refractivity contribution in [3.05, 3.63) is 124 Å². The molecule has 74 heavy (non-hydrogen) atoms. The Balaban J connectivity index is 0.652. The van der Waals surface area contributed by atoms with Gasteiger partial charge in [0.25, 0.3) is 5.91 Å². The molecule has 4 aliphatic rings. The molecule has 4 aromatic carbocycles. The largest absolute Gasteiger partial charge is 0.490 e. The Morgan fingerprint density at radius 2 is 1.65 bits per heavy atom. The third-order valence-electron chi connectivity index (χ3n) is 15.9. The van der Waals surface area contributed by atoms with Crippen molar-refractivity contribution in [2.45, 2.75) is 96.6 Å². The molecule has 3 aliphatic heterocycles. The van der Waals surface area contributed by atoms with E-state index in [0.717, 1.165) is 113 Å². The minimum absolute atomic E-state index is 0.0168. The van der Waals surface area contributed by atoms with E-state index in [4.69, 9.17) is 14.8 Å². The predicted molar refractivity (Wildman–Crippen MR) is 290 cm³/mol. The number of para-hydroxylation sites is 1. The van der Waals surface area contributed by atoms with Gasteiger partial charge < -0.3 is 19.6 Å². The number of carbonyl (C=O) groups excluding carboxylic acids is 3. The van der Waals surface area contributed by atoms with Crippen LogP contribution in [0.2, 0.25) is 0 Å². The van der Waals surface area contributed by atoms with Gasteiger partial charge in [0.2, 0.25) is 11.8 Å². The van der Waals surface area contributed by atoms with Crippen LogP contribution in [-0.2, 0) is 29.6 Å². The number of piperidine rings is 1. The zero-order valence-corrected chi connectivity index (χ0v) is 43.2. The number of imide groups is 1. The number of hydrogen-bond donors (Lipinski definition) is 3. The quantitative estimate of drug-likeness (QED) is 0.0696. The molecule has 1 unspecified atom stereocenters. The normalized spacial score (nSPS) is 19.4. The molecule has 0 radical (unpaired) electrons. The molecule has 1 atom stereocenters. The maximum Gasteiger partial charge on any atom is 0.355 e. The van der Waals surface area contributed by atoms with E-state index in [9.17, 15) is 24.3 Å². The number of thiazole rings is 1. The van der Waals surface area contributed by atoms with E-state index < -0.39 is 11.9 Å². The fraction of sp³-hybridized carbons (Fsp3) is 0.397. The van der Waals surface area contributed by atoms with Gasteiger partial charge in [0.15, 0.2) is 10.8 Å². The molecule has 1 saturated carbocycles. The second-order valence-corrected chi connectivity index (χ2v) is 21.6. The molecule has 11 rings (SSSR count). The molecular formula is C58H63N9O6S. The van der Waals surface area contributed by atoms with Gasteiger partial charge in [-0.15, -0.1) is 0 Å². The van der Waals surface area contributed by atoms with Gasteiger partial charge in [-0.2, -0.15) is 5.10 Å². The smallest absolute Gasteiger partial charge is 0.355 e. The molecule has 3 N–H and O–H groups in total. The van der Waals surface area contributed by atoms with Crippen molar-refractivity contribution in [2.75, 3.05) is 54.4 Å². The maximum atomic E-state index is 13.7. The van der Waals surface area contributed by atoms with Crippen LogP contribution in [0.5, 0.6) is 5.75 Å². The van der Waals surface area contributed by atoms with Gasteiger partial charge >= 0.3 is 5.97 Å². The number of aryl methyl sites for hydroxylation is 2. The first-order valence-electron chi connectivity index (χ1n) is 26.3. The number of ether oxygens (including phenoxy) is 1. The number of nitrogens with one attached hydrogen (secondary N) is 2. The summed E-state index contributed by atoms with van der Waals surface area (Å²) in [7, 11) is 1.93. The van der Waals surface area contributed by atoms with Gasteiger partial charge in [-0.05, 0) is 148 Å². The van der Waals surface area contributed by atoms with Gasteiger partial charge in [-0.3, -0.25) is 34.6 Å². The minimum atomic E-state index is -1.10. The summed E-state index contributed by atoms with van der Waals surface area (Å²) in [5.74, 6) is -0.175. The molecule has 3 amide bonds. The number of anilines is 3. The topological polar surface area (TPSA) is 175 Å². The zero-order chi connectivity index (χ0) is 51.0. The SMILES string of the molecule is Cc1cc2c(C3CCC(=O)NC3=O)nn(C)c2cc1N1CCN(CCCCC2CCC(Oc3cccc(-c4ccc(N5CCc6cccc(C(=O)Nc7nc8ccccc8s7)c6C5)nc4C(=O)O)c3C)CC2)CC1. The summed E-state index contributed by atoms with van der Waals surface area (Å²) in [6.07, 6.45) is 9.55. The van der Waals surface area contributed by atoms with E-state index in [-0.39, 0.29) is 29.5 Å². The third-order valence-corrected chi connectivity index (χ3v) is 16.9.